The van der Waals surface area contributed by atoms with Crippen LogP contribution >= 0.6 is 0 Å². The van der Waals surface area contributed by atoms with Crippen molar-refractivity contribution in [1.29, 1.82) is 0 Å². The van der Waals surface area contributed by atoms with E-state index in [1.807, 2.05) is 0 Å². The molecular formula is C11H14F3NO2S. The quantitative estimate of drug-likeness (QED) is 0.902. The number of sulfone groups is 1. The third kappa shape index (κ3) is 4.56. The second-order valence-corrected chi connectivity index (χ2v) is 5.92. The Morgan fingerprint density at radius 3 is 2.17 bits per heavy atom. The number of rotatable bonds is 5. The summed E-state index contributed by atoms with van der Waals surface area (Å²) in [6.45, 7) is 0.602. The molecule has 0 bridgehead atoms. The van der Waals surface area contributed by atoms with Crippen LogP contribution in [0.15, 0.2) is 29.2 Å². The summed E-state index contributed by atoms with van der Waals surface area (Å²) in [5.41, 5.74) is 0.239. The molecule has 0 radical (unpaired) electrons. The molecule has 0 aliphatic carbocycles. The summed E-state index contributed by atoms with van der Waals surface area (Å²) in [6, 6.07) is 5.27. The van der Waals surface area contributed by atoms with E-state index >= 15 is 0 Å². The van der Waals surface area contributed by atoms with Crippen molar-refractivity contribution in [2.24, 2.45) is 0 Å². The summed E-state index contributed by atoms with van der Waals surface area (Å²) in [6.07, 6.45) is -3.80. The Morgan fingerprint density at radius 2 is 1.72 bits per heavy atom. The van der Waals surface area contributed by atoms with Gasteiger partial charge in [-0.15, -0.1) is 0 Å². The lowest BCUT2D eigenvalue weighted by atomic mass is 10.3. The average molecular weight is 281 g/mol. The Hall–Kier alpha value is -1.24. The van der Waals surface area contributed by atoms with Gasteiger partial charge in [0.15, 0.2) is 9.84 Å². The van der Waals surface area contributed by atoms with Crippen LogP contribution in [0.3, 0.4) is 0 Å². The van der Waals surface area contributed by atoms with Crippen molar-refractivity contribution in [3.63, 3.8) is 0 Å². The molecule has 1 N–H and O–H groups in total. The third-order valence-corrected chi connectivity index (χ3v) is 4.12. The fraction of sp³-hybridized carbons (Fsp3) is 0.455. The van der Waals surface area contributed by atoms with Gasteiger partial charge in [0.1, 0.15) is 6.54 Å². The minimum absolute atomic E-state index is 0.0301. The summed E-state index contributed by atoms with van der Waals surface area (Å²) < 4.78 is 59.2. The van der Waals surface area contributed by atoms with E-state index in [-0.39, 0.29) is 16.3 Å². The fourth-order valence-corrected chi connectivity index (χ4v) is 2.69. The van der Waals surface area contributed by atoms with Crippen molar-refractivity contribution in [2.75, 3.05) is 17.6 Å². The van der Waals surface area contributed by atoms with Gasteiger partial charge in [0.2, 0.25) is 0 Å². The van der Waals surface area contributed by atoms with Gasteiger partial charge in [0.05, 0.1) is 10.6 Å². The standard InChI is InChI=1S/C11H14F3NO2S/c1-2-7-18(16,17)10-5-3-9(4-6-10)15-8-11(12,13)14/h3-6,15H,2,7-8H2,1H3. The first-order valence-corrected chi connectivity index (χ1v) is 7.03. The maximum Gasteiger partial charge on any atom is 0.405 e. The van der Waals surface area contributed by atoms with E-state index in [1.54, 1.807) is 6.92 Å². The highest BCUT2D eigenvalue weighted by molar-refractivity contribution is 7.91. The molecule has 1 aromatic carbocycles. The van der Waals surface area contributed by atoms with Gasteiger partial charge in [-0.25, -0.2) is 8.42 Å². The maximum atomic E-state index is 12.0. The molecule has 0 saturated heterocycles. The molecule has 102 valence electrons. The Balaban J connectivity index is 2.75. The number of anilines is 1. The molecule has 18 heavy (non-hydrogen) atoms. The van der Waals surface area contributed by atoms with Gasteiger partial charge < -0.3 is 5.32 Å². The summed E-state index contributed by atoms with van der Waals surface area (Å²) in [7, 11) is -3.32. The Labute approximate surface area is 104 Å². The zero-order valence-electron chi connectivity index (χ0n) is 9.79. The lowest BCUT2D eigenvalue weighted by Gasteiger charge is -2.10. The van der Waals surface area contributed by atoms with Crippen LogP contribution in [0.25, 0.3) is 0 Å². The van der Waals surface area contributed by atoms with E-state index in [2.05, 4.69) is 5.32 Å². The van der Waals surface area contributed by atoms with Crippen LogP contribution in [-0.4, -0.2) is 26.9 Å². The molecule has 0 unspecified atom stereocenters. The maximum absolute atomic E-state index is 12.0. The summed E-state index contributed by atoms with van der Waals surface area (Å²) in [5, 5.41) is 2.18. The second kappa shape index (κ2) is 5.60. The van der Waals surface area contributed by atoms with Gasteiger partial charge in [-0.1, -0.05) is 6.92 Å². The van der Waals surface area contributed by atoms with Crippen LogP contribution in [-0.2, 0) is 9.84 Å². The molecule has 0 spiro atoms. The van der Waals surface area contributed by atoms with Gasteiger partial charge in [-0.3, -0.25) is 0 Å². The first-order valence-electron chi connectivity index (χ1n) is 5.38. The SMILES string of the molecule is CCCS(=O)(=O)c1ccc(NCC(F)(F)F)cc1. The van der Waals surface area contributed by atoms with Gasteiger partial charge in [-0.2, -0.15) is 13.2 Å². The van der Waals surface area contributed by atoms with Gasteiger partial charge in [0, 0.05) is 5.69 Å². The molecule has 0 atom stereocenters. The summed E-state index contributed by atoms with van der Waals surface area (Å²) in [5.74, 6) is 0.0301. The Morgan fingerprint density at radius 1 is 1.17 bits per heavy atom. The number of hydrogen-bond acceptors (Lipinski definition) is 3. The Bertz CT molecular complexity index is 480. The molecule has 1 aromatic rings. The van der Waals surface area contributed by atoms with Crippen molar-refractivity contribution >= 4 is 15.5 Å². The molecule has 0 aromatic heterocycles. The molecule has 1 rings (SSSR count). The van der Waals surface area contributed by atoms with E-state index in [9.17, 15) is 21.6 Å². The first kappa shape index (κ1) is 14.8. The zero-order chi connectivity index (χ0) is 13.8. The molecule has 0 aliphatic heterocycles. The summed E-state index contributed by atoms with van der Waals surface area (Å²) in [4.78, 5) is 0.127. The van der Waals surface area contributed by atoms with Crippen LogP contribution in [0.1, 0.15) is 13.3 Å². The minimum atomic E-state index is -4.30. The molecule has 0 heterocycles. The van der Waals surface area contributed by atoms with E-state index in [4.69, 9.17) is 0 Å². The average Bonchev–Trinajstić information content (AvgIpc) is 2.26. The number of alkyl halides is 3. The molecule has 0 aliphatic rings. The fourth-order valence-electron chi connectivity index (χ4n) is 1.37. The normalized spacial score (nSPS) is 12.4. The van der Waals surface area contributed by atoms with Crippen LogP contribution in [0.5, 0.6) is 0 Å². The topological polar surface area (TPSA) is 46.2 Å². The van der Waals surface area contributed by atoms with Crippen molar-refractivity contribution < 1.29 is 21.6 Å². The van der Waals surface area contributed by atoms with Crippen molar-refractivity contribution in [3.05, 3.63) is 24.3 Å². The van der Waals surface area contributed by atoms with Crippen molar-refractivity contribution in [1.82, 2.24) is 0 Å². The van der Waals surface area contributed by atoms with Crippen molar-refractivity contribution in [3.8, 4) is 0 Å². The number of hydrogen-bond donors (Lipinski definition) is 1. The molecule has 7 heteroatoms. The predicted molar refractivity (Wildman–Crippen MR) is 63.3 cm³/mol. The highest BCUT2D eigenvalue weighted by Gasteiger charge is 2.26. The van der Waals surface area contributed by atoms with Crippen LogP contribution in [0, 0.1) is 0 Å². The zero-order valence-corrected chi connectivity index (χ0v) is 10.6. The summed E-state index contributed by atoms with van der Waals surface area (Å²) >= 11 is 0. The van der Waals surface area contributed by atoms with E-state index in [0.29, 0.717) is 6.42 Å². The highest BCUT2D eigenvalue weighted by atomic mass is 32.2. The van der Waals surface area contributed by atoms with Gasteiger partial charge in [0.25, 0.3) is 0 Å². The largest absolute Gasteiger partial charge is 0.405 e. The lowest BCUT2D eigenvalue weighted by molar-refractivity contribution is -0.115. The lowest BCUT2D eigenvalue weighted by Crippen LogP contribution is -2.21. The van der Waals surface area contributed by atoms with Crippen molar-refractivity contribution in [2.45, 2.75) is 24.4 Å². The highest BCUT2D eigenvalue weighted by Crippen LogP contribution is 2.19. The minimum Gasteiger partial charge on any atom is -0.376 e. The molecule has 0 saturated carbocycles. The second-order valence-electron chi connectivity index (χ2n) is 3.81. The smallest absolute Gasteiger partial charge is 0.376 e. The van der Waals surface area contributed by atoms with E-state index in [1.165, 1.54) is 24.3 Å². The monoisotopic (exact) mass is 281 g/mol. The van der Waals surface area contributed by atoms with Crippen LogP contribution in [0.2, 0.25) is 0 Å². The molecule has 0 fully saturated rings. The van der Waals surface area contributed by atoms with Gasteiger partial charge in [-0.05, 0) is 30.7 Å². The molecule has 0 amide bonds. The molecule has 3 nitrogen and oxygen atoms in total. The number of halogens is 3. The number of nitrogens with one attached hydrogen (secondary N) is 1. The van der Waals surface area contributed by atoms with Gasteiger partial charge >= 0.3 is 6.18 Å². The first-order chi connectivity index (χ1) is 8.24. The number of benzene rings is 1. The van der Waals surface area contributed by atoms with E-state index in [0.717, 1.165) is 0 Å². The third-order valence-electron chi connectivity index (χ3n) is 2.18. The predicted octanol–water partition coefficient (Wildman–Crippen LogP) is 2.84. The van der Waals surface area contributed by atoms with Crippen LogP contribution < -0.4 is 5.32 Å². The Kier molecular flexibility index (Phi) is 4.61. The van der Waals surface area contributed by atoms with E-state index < -0.39 is 22.6 Å². The molecular weight excluding hydrogens is 267 g/mol. The van der Waals surface area contributed by atoms with Crippen LogP contribution in [0.4, 0.5) is 18.9 Å².